The fourth-order valence-corrected chi connectivity index (χ4v) is 11.1. The molecule has 0 radical (unpaired) electrons. The van der Waals surface area contributed by atoms with Crippen molar-refractivity contribution in [3.63, 3.8) is 0 Å². The molecule has 0 aliphatic carbocycles. The first-order valence-corrected chi connectivity index (χ1v) is 22.4. The average molecular weight is 828 g/mol. The van der Waals surface area contributed by atoms with E-state index in [1.54, 1.807) is 0 Å². The van der Waals surface area contributed by atoms with E-state index < -0.39 is 6.92 Å². The Morgan fingerprint density at radius 1 is 0.323 bits per heavy atom. The summed E-state index contributed by atoms with van der Waals surface area (Å²) in [6.45, 7) is -0.516. The molecule has 0 unspecified atom stereocenters. The summed E-state index contributed by atoms with van der Waals surface area (Å²) in [5, 5.41) is 7.33. The molecule has 0 fully saturated rings. The fraction of sp³-hybridized carbons (Fsp3) is 0. The summed E-state index contributed by atoms with van der Waals surface area (Å²) in [5.41, 5.74) is 17.0. The highest BCUT2D eigenvalue weighted by atomic mass is 16.4. The van der Waals surface area contributed by atoms with Gasteiger partial charge in [0.25, 0.3) is 0 Å². The van der Waals surface area contributed by atoms with Crippen LogP contribution in [0.4, 0.5) is 0 Å². The minimum atomic E-state index is -0.516. The molecule has 65 heavy (non-hydrogen) atoms. The Hall–Kier alpha value is -8.54. The second kappa shape index (κ2) is 14.0. The third-order valence-electron chi connectivity index (χ3n) is 13.7. The van der Waals surface area contributed by atoms with Gasteiger partial charge >= 0.3 is 6.92 Å². The van der Waals surface area contributed by atoms with Crippen LogP contribution in [0.1, 0.15) is 0 Å². The van der Waals surface area contributed by atoms with Crippen LogP contribution in [0.25, 0.3) is 105 Å². The molecule has 5 heteroatoms. The molecule has 1 aliphatic heterocycles. The number of hydrogen-bond donors (Lipinski definition) is 0. The quantitative estimate of drug-likeness (QED) is 0.162. The van der Waals surface area contributed by atoms with Gasteiger partial charge in [0.1, 0.15) is 5.75 Å². The number of rotatable bonds is 4. The van der Waals surface area contributed by atoms with Gasteiger partial charge in [-0.05, 0) is 82.8 Å². The van der Waals surface area contributed by atoms with E-state index in [4.69, 9.17) is 4.65 Å². The smallest absolute Gasteiger partial charge is 0.429 e. The van der Waals surface area contributed by atoms with Gasteiger partial charge in [0, 0.05) is 54.7 Å². The third-order valence-corrected chi connectivity index (χ3v) is 13.7. The maximum atomic E-state index is 7.75. The van der Waals surface area contributed by atoms with Crippen molar-refractivity contribution in [2.24, 2.45) is 0 Å². The summed E-state index contributed by atoms with van der Waals surface area (Å²) in [5.74, 6) is 0.818. The molecular weight excluding hydrogens is 789 g/mol. The summed E-state index contributed by atoms with van der Waals surface area (Å²) in [7, 11) is 0. The standard InChI is InChI=1S/C60H38BN3O/c1-2-18-39(19-3-1)41-25-17-34-57(63-53-31-12-8-24-46(53)49-38-40(36-37-55(49)63)62-51-29-10-5-21-43(51)44-22-6-11-30-52(44)62)59(41)61-50-28-9-4-20-42(50)47-26-16-27-48-45-23-7-13-32-54(45)64(60(47)48)56-33-14-15-35-58(56)65-61/h1-38H. The van der Waals surface area contributed by atoms with Crippen molar-refractivity contribution < 1.29 is 4.65 Å². The van der Waals surface area contributed by atoms with E-state index in [0.717, 1.165) is 67.0 Å². The number of para-hydroxylation sites is 7. The van der Waals surface area contributed by atoms with Gasteiger partial charge in [-0.25, -0.2) is 0 Å². The van der Waals surface area contributed by atoms with Crippen LogP contribution in [0.5, 0.6) is 5.75 Å². The van der Waals surface area contributed by atoms with Gasteiger partial charge in [-0.15, -0.1) is 0 Å². The van der Waals surface area contributed by atoms with Crippen LogP contribution in [-0.4, -0.2) is 20.6 Å². The Morgan fingerprint density at radius 2 is 0.831 bits per heavy atom. The predicted octanol–water partition coefficient (Wildman–Crippen LogP) is 13.8. The molecule has 302 valence electrons. The lowest BCUT2D eigenvalue weighted by Crippen LogP contribution is -2.50. The Bertz CT molecular complexity index is 4010. The zero-order valence-corrected chi connectivity index (χ0v) is 35.3. The van der Waals surface area contributed by atoms with E-state index >= 15 is 0 Å². The largest absolute Gasteiger partial charge is 0.550 e. The lowest BCUT2D eigenvalue weighted by atomic mass is 9.51. The topological polar surface area (TPSA) is 24.0 Å². The summed E-state index contributed by atoms with van der Waals surface area (Å²) < 4.78 is 15.1. The number of nitrogens with zero attached hydrogens (tertiary/aromatic N) is 3. The van der Waals surface area contributed by atoms with Crippen molar-refractivity contribution in [2.45, 2.75) is 0 Å². The molecular formula is C60H38BN3O. The van der Waals surface area contributed by atoms with Gasteiger partial charge in [-0.2, -0.15) is 0 Å². The van der Waals surface area contributed by atoms with Crippen LogP contribution in [0.15, 0.2) is 231 Å². The minimum absolute atomic E-state index is 0.516. The minimum Gasteiger partial charge on any atom is -0.550 e. The number of hydrogen-bond acceptors (Lipinski definition) is 1. The fourth-order valence-electron chi connectivity index (χ4n) is 11.1. The van der Waals surface area contributed by atoms with Crippen molar-refractivity contribution >= 4 is 83.3 Å². The molecule has 10 aromatic carbocycles. The normalized spacial score (nSPS) is 12.4. The van der Waals surface area contributed by atoms with Crippen LogP contribution in [0.3, 0.4) is 0 Å². The number of aromatic nitrogens is 3. The molecule has 0 atom stereocenters. The summed E-state index contributed by atoms with van der Waals surface area (Å²) in [4.78, 5) is 0. The molecule has 0 bridgehead atoms. The van der Waals surface area contributed by atoms with Crippen molar-refractivity contribution in [1.82, 2.24) is 13.7 Å². The molecule has 0 saturated carbocycles. The Kier molecular flexibility index (Phi) is 7.75. The molecule has 13 aromatic rings. The van der Waals surface area contributed by atoms with Crippen LogP contribution in [0, 0.1) is 0 Å². The van der Waals surface area contributed by atoms with E-state index in [9.17, 15) is 0 Å². The first kappa shape index (κ1) is 36.0. The highest BCUT2D eigenvalue weighted by Crippen LogP contribution is 2.42. The molecule has 14 rings (SSSR count). The van der Waals surface area contributed by atoms with Crippen LogP contribution in [-0.2, 0) is 0 Å². The third kappa shape index (κ3) is 5.21. The summed E-state index contributed by atoms with van der Waals surface area (Å²) in [6, 6.07) is 83.8. The average Bonchev–Trinajstić information content (AvgIpc) is 4.02. The second-order valence-electron chi connectivity index (χ2n) is 17.1. The molecule has 0 saturated heterocycles. The van der Waals surface area contributed by atoms with Crippen molar-refractivity contribution in [3.8, 4) is 45.1 Å². The van der Waals surface area contributed by atoms with Gasteiger partial charge in [-0.3, -0.25) is 0 Å². The van der Waals surface area contributed by atoms with Gasteiger partial charge in [-0.1, -0.05) is 170 Å². The number of benzene rings is 10. The van der Waals surface area contributed by atoms with Gasteiger partial charge in [0.2, 0.25) is 0 Å². The summed E-state index contributed by atoms with van der Waals surface area (Å²) in [6.07, 6.45) is 0. The van der Waals surface area contributed by atoms with E-state index in [2.05, 4.69) is 244 Å². The highest BCUT2D eigenvalue weighted by molar-refractivity contribution is 6.83. The van der Waals surface area contributed by atoms with Crippen LogP contribution in [0.2, 0.25) is 0 Å². The maximum absolute atomic E-state index is 7.75. The zero-order chi connectivity index (χ0) is 42.6. The molecule has 0 N–H and O–H groups in total. The molecule has 1 aliphatic rings. The van der Waals surface area contributed by atoms with Gasteiger partial charge < -0.3 is 18.4 Å². The Balaban J connectivity index is 1.08. The molecule has 3 aromatic heterocycles. The SMILES string of the molecule is c1ccc(-c2cccc(-n3c4ccccc4c4cc(-n5c6ccccc6c6ccccc65)ccc43)c2B2Oc3ccccc3-n3c4ccccc4c4cccc(c43)-c3ccccc32)cc1. The molecule has 0 spiro atoms. The number of fused-ring (bicyclic) bond motifs is 13. The van der Waals surface area contributed by atoms with Crippen molar-refractivity contribution in [2.75, 3.05) is 0 Å². The Labute approximate surface area is 375 Å². The highest BCUT2D eigenvalue weighted by Gasteiger charge is 2.36. The molecule has 0 amide bonds. The maximum Gasteiger partial charge on any atom is 0.429 e. The van der Waals surface area contributed by atoms with E-state index in [0.29, 0.717) is 0 Å². The van der Waals surface area contributed by atoms with E-state index in [1.165, 1.54) is 54.4 Å². The van der Waals surface area contributed by atoms with Crippen molar-refractivity contribution in [3.05, 3.63) is 231 Å². The first-order chi connectivity index (χ1) is 32.3. The van der Waals surface area contributed by atoms with Gasteiger partial charge in [0.15, 0.2) is 0 Å². The molecule has 4 heterocycles. The monoisotopic (exact) mass is 827 g/mol. The zero-order valence-electron chi connectivity index (χ0n) is 35.3. The second-order valence-corrected chi connectivity index (χ2v) is 17.1. The van der Waals surface area contributed by atoms with Crippen LogP contribution >= 0.6 is 0 Å². The Morgan fingerprint density at radius 3 is 1.58 bits per heavy atom. The van der Waals surface area contributed by atoms with Crippen LogP contribution < -0.4 is 15.6 Å². The van der Waals surface area contributed by atoms with Gasteiger partial charge in [0.05, 0.1) is 38.8 Å². The molecule has 4 nitrogen and oxygen atoms in total. The first-order valence-electron chi connectivity index (χ1n) is 22.4. The lowest BCUT2D eigenvalue weighted by molar-refractivity contribution is 0.588. The van der Waals surface area contributed by atoms with Crippen molar-refractivity contribution in [1.29, 1.82) is 0 Å². The van der Waals surface area contributed by atoms with E-state index in [1.807, 2.05) is 0 Å². The lowest BCUT2D eigenvalue weighted by Gasteiger charge is -2.26. The van der Waals surface area contributed by atoms with E-state index in [-0.39, 0.29) is 0 Å². The predicted molar refractivity (Wildman–Crippen MR) is 272 cm³/mol. The summed E-state index contributed by atoms with van der Waals surface area (Å²) >= 11 is 0.